The zero-order valence-corrected chi connectivity index (χ0v) is 7.48. The predicted octanol–water partition coefficient (Wildman–Crippen LogP) is -1.34. The third-order valence-electron chi connectivity index (χ3n) is 2.20. The summed E-state index contributed by atoms with van der Waals surface area (Å²) in [5.41, 5.74) is 0. The van der Waals surface area contributed by atoms with Gasteiger partial charge < -0.3 is 4.90 Å². The first-order chi connectivity index (χ1) is 6.45. The molecule has 1 saturated heterocycles. The van der Waals surface area contributed by atoms with Gasteiger partial charge in [-0.3, -0.25) is 0 Å². The molecule has 0 aromatic carbocycles. The third kappa shape index (κ3) is 2.46. The lowest BCUT2D eigenvalue weighted by Gasteiger charge is -2.25. The van der Waals surface area contributed by atoms with Crippen molar-refractivity contribution >= 4 is 0 Å². The standard InChI is InChI=1S/C7H13N6/c1(7-9-11-12-10-7)4-13-5-2-8-3-6-13/h1-6H2,(H,9,10,11,12). The van der Waals surface area contributed by atoms with Gasteiger partial charge in [-0.25, -0.2) is 10.4 Å². The molecule has 0 bridgehead atoms. The van der Waals surface area contributed by atoms with Crippen LogP contribution in [0.3, 0.4) is 0 Å². The fourth-order valence-electron chi connectivity index (χ4n) is 1.42. The van der Waals surface area contributed by atoms with Crippen molar-refractivity contribution in [1.29, 1.82) is 0 Å². The third-order valence-corrected chi connectivity index (χ3v) is 2.20. The molecular weight excluding hydrogens is 168 g/mol. The van der Waals surface area contributed by atoms with Gasteiger partial charge in [0.25, 0.3) is 0 Å². The summed E-state index contributed by atoms with van der Waals surface area (Å²) in [6.07, 6.45) is 0.896. The van der Waals surface area contributed by atoms with Crippen molar-refractivity contribution in [3.63, 3.8) is 0 Å². The fourth-order valence-corrected chi connectivity index (χ4v) is 1.42. The number of tetrazole rings is 1. The Bertz CT molecular complexity index is 227. The minimum absolute atomic E-state index is 0.863. The Morgan fingerprint density at radius 1 is 1.31 bits per heavy atom. The first-order valence-corrected chi connectivity index (χ1v) is 4.53. The highest BCUT2D eigenvalue weighted by atomic mass is 15.5. The molecule has 1 aliphatic rings. The zero-order chi connectivity index (χ0) is 8.93. The molecule has 0 amide bonds. The van der Waals surface area contributed by atoms with Gasteiger partial charge in [0, 0.05) is 39.1 Å². The molecular formula is C7H13N6. The van der Waals surface area contributed by atoms with Crippen molar-refractivity contribution in [2.24, 2.45) is 0 Å². The maximum atomic E-state index is 4.28. The van der Waals surface area contributed by atoms with E-state index in [-0.39, 0.29) is 0 Å². The molecule has 6 heteroatoms. The van der Waals surface area contributed by atoms with E-state index in [1.165, 1.54) is 0 Å². The van der Waals surface area contributed by atoms with Gasteiger partial charge in [0.2, 0.25) is 0 Å². The van der Waals surface area contributed by atoms with Gasteiger partial charge in [-0.2, -0.15) is 0 Å². The van der Waals surface area contributed by atoms with Gasteiger partial charge >= 0.3 is 0 Å². The molecule has 1 aliphatic heterocycles. The number of H-pyrrole nitrogens is 1. The van der Waals surface area contributed by atoms with Crippen LogP contribution in [-0.2, 0) is 6.42 Å². The molecule has 71 valence electrons. The molecule has 2 heterocycles. The summed E-state index contributed by atoms with van der Waals surface area (Å²) in [5, 5.41) is 17.9. The second kappa shape index (κ2) is 4.29. The number of aromatic nitrogens is 4. The van der Waals surface area contributed by atoms with Crippen LogP contribution in [0, 0.1) is 0 Å². The number of hydrogen-bond acceptors (Lipinski definition) is 4. The number of rotatable bonds is 3. The van der Waals surface area contributed by atoms with Gasteiger partial charge in [-0.05, 0) is 10.4 Å². The Balaban J connectivity index is 1.72. The van der Waals surface area contributed by atoms with Crippen molar-refractivity contribution < 1.29 is 0 Å². The van der Waals surface area contributed by atoms with E-state index in [4.69, 9.17) is 0 Å². The van der Waals surface area contributed by atoms with Crippen molar-refractivity contribution in [3.05, 3.63) is 5.82 Å². The minimum atomic E-state index is 0.863. The SMILES string of the molecule is C1CN(CCc2nnn[nH]2)CC[N]1. The molecule has 0 atom stereocenters. The van der Waals surface area contributed by atoms with Crippen LogP contribution >= 0.6 is 0 Å². The molecule has 13 heavy (non-hydrogen) atoms. The predicted molar refractivity (Wildman–Crippen MR) is 46.2 cm³/mol. The van der Waals surface area contributed by atoms with Crippen LogP contribution in [0.15, 0.2) is 0 Å². The highest BCUT2D eigenvalue weighted by Crippen LogP contribution is 1.95. The summed E-state index contributed by atoms with van der Waals surface area (Å²) in [5.74, 6) is 0.863. The van der Waals surface area contributed by atoms with Crippen LogP contribution in [0.25, 0.3) is 0 Å². The molecule has 2 rings (SSSR count). The number of piperazine rings is 1. The molecule has 1 fully saturated rings. The highest BCUT2D eigenvalue weighted by Gasteiger charge is 2.10. The fraction of sp³-hybridized carbons (Fsp3) is 0.857. The van der Waals surface area contributed by atoms with Crippen LogP contribution in [0.5, 0.6) is 0 Å². The van der Waals surface area contributed by atoms with E-state index in [0.29, 0.717) is 0 Å². The Kier molecular flexibility index (Phi) is 2.83. The van der Waals surface area contributed by atoms with Gasteiger partial charge in [-0.1, -0.05) is 0 Å². The van der Waals surface area contributed by atoms with Gasteiger partial charge in [-0.15, -0.1) is 5.10 Å². The van der Waals surface area contributed by atoms with Crippen LogP contribution in [0.2, 0.25) is 0 Å². The topological polar surface area (TPSA) is 71.8 Å². The summed E-state index contributed by atoms with van der Waals surface area (Å²) in [6, 6.07) is 0. The average molecular weight is 181 g/mol. The second-order valence-electron chi connectivity index (χ2n) is 3.11. The van der Waals surface area contributed by atoms with Crippen LogP contribution < -0.4 is 5.32 Å². The molecule has 1 aromatic heterocycles. The van der Waals surface area contributed by atoms with Crippen molar-refractivity contribution in [2.75, 3.05) is 32.7 Å². The van der Waals surface area contributed by atoms with E-state index < -0.39 is 0 Å². The molecule has 0 unspecified atom stereocenters. The van der Waals surface area contributed by atoms with Crippen LogP contribution in [0.1, 0.15) is 5.82 Å². The first-order valence-electron chi connectivity index (χ1n) is 4.53. The zero-order valence-electron chi connectivity index (χ0n) is 7.48. The van der Waals surface area contributed by atoms with Crippen molar-refractivity contribution in [2.45, 2.75) is 6.42 Å². The average Bonchev–Trinajstić information content (AvgIpc) is 2.69. The van der Waals surface area contributed by atoms with Crippen molar-refractivity contribution in [3.8, 4) is 0 Å². The lowest BCUT2D eigenvalue weighted by molar-refractivity contribution is 0.240. The molecule has 0 saturated carbocycles. The maximum absolute atomic E-state index is 4.28. The van der Waals surface area contributed by atoms with Crippen LogP contribution in [-0.4, -0.2) is 58.2 Å². The summed E-state index contributed by atoms with van der Waals surface area (Å²) in [7, 11) is 0. The monoisotopic (exact) mass is 181 g/mol. The molecule has 6 nitrogen and oxygen atoms in total. The summed E-state index contributed by atoms with van der Waals surface area (Å²) in [4.78, 5) is 2.38. The molecule has 1 radical (unpaired) electrons. The number of nitrogens with one attached hydrogen (secondary N) is 1. The van der Waals surface area contributed by atoms with E-state index in [2.05, 4.69) is 30.8 Å². The summed E-state index contributed by atoms with van der Waals surface area (Å²) < 4.78 is 0. The Morgan fingerprint density at radius 3 is 2.85 bits per heavy atom. The molecule has 1 aromatic rings. The lowest BCUT2D eigenvalue weighted by Crippen LogP contribution is -2.41. The normalized spacial score (nSPS) is 19.1. The Morgan fingerprint density at radius 2 is 2.15 bits per heavy atom. The van der Waals surface area contributed by atoms with E-state index >= 15 is 0 Å². The van der Waals surface area contributed by atoms with Crippen LogP contribution in [0.4, 0.5) is 0 Å². The first kappa shape index (κ1) is 8.58. The van der Waals surface area contributed by atoms with Crippen molar-refractivity contribution in [1.82, 2.24) is 30.8 Å². The minimum Gasteiger partial charge on any atom is -0.300 e. The Labute approximate surface area is 76.7 Å². The number of aromatic amines is 1. The van der Waals surface area contributed by atoms with E-state index in [1.54, 1.807) is 0 Å². The maximum Gasteiger partial charge on any atom is 0.149 e. The summed E-state index contributed by atoms with van der Waals surface area (Å²) >= 11 is 0. The highest BCUT2D eigenvalue weighted by molar-refractivity contribution is 4.79. The van der Waals surface area contributed by atoms with E-state index in [0.717, 1.165) is 45.0 Å². The quantitative estimate of drug-likeness (QED) is 0.626. The van der Waals surface area contributed by atoms with E-state index in [9.17, 15) is 0 Å². The molecule has 0 spiro atoms. The lowest BCUT2D eigenvalue weighted by atomic mass is 10.3. The molecule has 1 N–H and O–H groups in total. The van der Waals surface area contributed by atoms with E-state index in [1.807, 2.05) is 0 Å². The number of hydrogen-bond donors (Lipinski definition) is 1. The number of nitrogens with zero attached hydrogens (tertiary/aromatic N) is 5. The second-order valence-corrected chi connectivity index (χ2v) is 3.11. The molecule has 0 aliphatic carbocycles. The smallest absolute Gasteiger partial charge is 0.149 e. The van der Waals surface area contributed by atoms with Gasteiger partial charge in [0.1, 0.15) is 5.82 Å². The van der Waals surface area contributed by atoms with Gasteiger partial charge in [0.15, 0.2) is 0 Å². The largest absolute Gasteiger partial charge is 0.300 e. The summed E-state index contributed by atoms with van der Waals surface area (Å²) in [6.45, 7) is 5.10. The Hall–Kier alpha value is -1.01. The van der Waals surface area contributed by atoms with Gasteiger partial charge in [0.05, 0.1) is 0 Å².